The molecule has 0 spiro atoms. The first kappa shape index (κ1) is 16.0. The second-order valence-electron chi connectivity index (χ2n) is 6.20. The van der Waals surface area contributed by atoms with Crippen molar-refractivity contribution in [2.24, 2.45) is 0 Å². The van der Waals surface area contributed by atoms with E-state index in [9.17, 15) is 0 Å². The largest absolute Gasteiger partial charge is 0.497 e. The van der Waals surface area contributed by atoms with Gasteiger partial charge in [-0.15, -0.1) is 11.3 Å². The van der Waals surface area contributed by atoms with Crippen LogP contribution in [-0.4, -0.2) is 19.1 Å². The summed E-state index contributed by atoms with van der Waals surface area (Å²) in [5, 5.41) is 6.72. The summed E-state index contributed by atoms with van der Waals surface area (Å²) in [6, 6.07) is 8.46. The summed E-state index contributed by atoms with van der Waals surface area (Å²) in [5.41, 5.74) is 2.51. The predicted molar refractivity (Wildman–Crippen MR) is 89.3 cm³/mol. The van der Waals surface area contributed by atoms with Gasteiger partial charge in [-0.2, -0.15) is 0 Å². The normalized spacial score (nSPS) is 13.2. The highest BCUT2D eigenvalue weighted by Gasteiger charge is 2.19. The molecule has 0 fully saturated rings. The van der Waals surface area contributed by atoms with Gasteiger partial charge >= 0.3 is 0 Å². The molecule has 0 saturated heterocycles. The van der Waals surface area contributed by atoms with Crippen LogP contribution in [0.5, 0.6) is 5.75 Å². The Morgan fingerprint density at radius 3 is 2.67 bits per heavy atom. The standard InChI is InChI=1S/C17H24N2OS/c1-17(2,3)15-11-21-16(19-15)10-14(18-4)12-7-6-8-13(9-12)20-5/h6-9,11,14,18H,10H2,1-5H3. The smallest absolute Gasteiger partial charge is 0.119 e. The van der Waals surface area contributed by atoms with E-state index in [0.717, 1.165) is 12.2 Å². The van der Waals surface area contributed by atoms with Gasteiger partial charge in [0, 0.05) is 23.3 Å². The lowest BCUT2D eigenvalue weighted by Gasteiger charge is -2.17. The minimum atomic E-state index is 0.111. The van der Waals surface area contributed by atoms with Gasteiger partial charge in [-0.3, -0.25) is 0 Å². The second kappa shape index (κ2) is 6.58. The second-order valence-corrected chi connectivity index (χ2v) is 7.14. The van der Waals surface area contributed by atoms with Crippen molar-refractivity contribution in [3.63, 3.8) is 0 Å². The number of benzene rings is 1. The molecule has 1 aromatic heterocycles. The van der Waals surface area contributed by atoms with Crippen LogP contribution < -0.4 is 10.1 Å². The van der Waals surface area contributed by atoms with Crippen LogP contribution in [0.15, 0.2) is 29.6 Å². The fourth-order valence-electron chi connectivity index (χ4n) is 2.17. The van der Waals surface area contributed by atoms with Crippen LogP contribution in [0.4, 0.5) is 0 Å². The Morgan fingerprint density at radius 1 is 1.33 bits per heavy atom. The molecule has 4 heteroatoms. The van der Waals surface area contributed by atoms with Crippen LogP contribution in [0.25, 0.3) is 0 Å². The SMILES string of the molecule is CNC(Cc1nc(C(C)(C)C)cs1)c1cccc(OC)c1. The zero-order valence-electron chi connectivity index (χ0n) is 13.4. The predicted octanol–water partition coefficient (Wildman–Crippen LogP) is 3.95. The van der Waals surface area contributed by atoms with Gasteiger partial charge in [0.2, 0.25) is 0 Å². The third kappa shape index (κ3) is 4.05. The van der Waals surface area contributed by atoms with Gasteiger partial charge in [0.1, 0.15) is 5.75 Å². The van der Waals surface area contributed by atoms with Crippen LogP contribution >= 0.6 is 11.3 Å². The van der Waals surface area contributed by atoms with Crippen molar-refractivity contribution >= 4 is 11.3 Å². The van der Waals surface area contributed by atoms with E-state index < -0.39 is 0 Å². The van der Waals surface area contributed by atoms with Crippen LogP contribution in [0.3, 0.4) is 0 Å². The molecule has 0 saturated carbocycles. The molecule has 1 heterocycles. The molecule has 0 radical (unpaired) electrons. The molecule has 21 heavy (non-hydrogen) atoms. The third-order valence-electron chi connectivity index (χ3n) is 3.54. The van der Waals surface area contributed by atoms with E-state index >= 15 is 0 Å². The molecular formula is C17H24N2OS. The molecule has 1 aromatic carbocycles. The average Bonchev–Trinajstić information content (AvgIpc) is 2.93. The monoisotopic (exact) mass is 304 g/mol. The van der Waals surface area contributed by atoms with Gasteiger partial charge in [-0.25, -0.2) is 4.98 Å². The van der Waals surface area contributed by atoms with Crippen LogP contribution in [-0.2, 0) is 11.8 Å². The quantitative estimate of drug-likeness (QED) is 0.908. The summed E-state index contributed by atoms with van der Waals surface area (Å²) in [6.07, 6.45) is 0.893. The molecule has 0 bridgehead atoms. The summed E-state index contributed by atoms with van der Waals surface area (Å²) < 4.78 is 5.31. The van der Waals surface area contributed by atoms with E-state index in [1.54, 1.807) is 18.4 Å². The molecule has 0 aliphatic carbocycles. The van der Waals surface area contributed by atoms with Crippen molar-refractivity contribution in [3.05, 3.63) is 45.9 Å². The average molecular weight is 304 g/mol. The van der Waals surface area contributed by atoms with E-state index in [0.29, 0.717) is 0 Å². The molecule has 0 aliphatic rings. The Balaban J connectivity index is 2.17. The van der Waals surface area contributed by atoms with E-state index in [4.69, 9.17) is 9.72 Å². The minimum Gasteiger partial charge on any atom is -0.497 e. The third-order valence-corrected chi connectivity index (χ3v) is 4.41. The highest BCUT2D eigenvalue weighted by Crippen LogP contribution is 2.27. The Kier molecular flexibility index (Phi) is 5.01. The van der Waals surface area contributed by atoms with E-state index in [2.05, 4.69) is 43.6 Å². The molecule has 114 valence electrons. The molecule has 1 unspecified atom stereocenters. The van der Waals surface area contributed by atoms with Crippen LogP contribution in [0, 0.1) is 0 Å². The number of aromatic nitrogens is 1. The molecule has 2 rings (SSSR count). The summed E-state index contributed by atoms with van der Waals surface area (Å²) in [7, 11) is 3.69. The van der Waals surface area contributed by atoms with Gasteiger partial charge in [0.25, 0.3) is 0 Å². The molecular weight excluding hydrogens is 280 g/mol. The van der Waals surface area contributed by atoms with Gasteiger partial charge < -0.3 is 10.1 Å². The molecule has 1 atom stereocenters. The number of hydrogen-bond donors (Lipinski definition) is 1. The number of likely N-dealkylation sites (N-methyl/N-ethyl adjacent to an activating group) is 1. The molecule has 3 nitrogen and oxygen atoms in total. The van der Waals surface area contributed by atoms with Crippen molar-refractivity contribution in [1.29, 1.82) is 0 Å². The van der Waals surface area contributed by atoms with Crippen LogP contribution in [0.1, 0.15) is 43.1 Å². The van der Waals surface area contributed by atoms with Crippen molar-refractivity contribution in [1.82, 2.24) is 10.3 Å². The molecule has 1 N–H and O–H groups in total. The van der Waals surface area contributed by atoms with Crippen molar-refractivity contribution in [2.75, 3.05) is 14.2 Å². The van der Waals surface area contributed by atoms with Crippen molar-refractivity contribution in [2.45, 2.75) is 38.6 Å². The summed E-state index contributed by atoms with van der Waals surface area (Å²) in [5.74, 6) is 0.891. The Morgan fingerprint density at radius 2 is 2.10 bits per heavy atom. The topological polar surface area (TPSA) is 34.2 Å². The lowest BCUT2D eigenvalue weighted by Crippen LogP contribution is -2.19. The number of rotatable bonds is 5. The number of methoxy groups -OCH3 is 1. The number of nitrogens with one attached hydrogen (secondary N) is 1. The maximum atomic E-state index is 5.31. The zero-order chi connectivity index (χ0) is 15.5. The minimum absolute atomic E-state index is 0.111. The number of hydrogen-bond acceptors (Lipinski definition) is 4. The van der Waals surface area contributed by atoms with Gasteiger partial charge in [0.15, 0.2) is 0 Å². The molecule has 0 aliphatic heterocycles. The van der Waals surface area contributed by atoms with Gasteiger partial charge in [0.05, 0.1) is 17.8 Å². The van der Waals surface area contributed by atoms with Gasteiger partial charge in [-0.1, -0.05) is 32.9 Å². The van der Waals surface area contributed by atoms with Gasteiger partial charge in [-0.05, 0) is 24.7 Å². The Hall–Kier alpha value is -1.39. The maximum absolute atomic E-state index is 5.31. The van der Waals surface area contributed by atoms with E-state index in [-0.39, 0.29) is 11.5 Å². The zero-order valence-corrected chi connectivity index (χ0v) is 14.3. The fourth-order valence-corrected chi connectivity index (χ4v) is 3.24. The summed E-state index contributed by atoms with van der Waals surface area (Å²) in [6.45, 7) is 6.59. The number of nitrogens with zero attached hydrogens (tertiary/aromatic N) is 1. The van der Waals surface area contributed by atoms with Crippen molar-refractivity contribution in [3.8, 4) is 5.75 Å². The molecule has 2 aromatic rings. The van der Waals surface area contributed by atoms with E-state index in [1.807, 2.05) is 19.2 Å². The van der Waals surface area contributed by atoms with Crippen molar-refractivity contribution < 1.29 is 4.74 Å². The lowest BCUT2D eigenvalue weighted by molar-refractivity contribution is 0.413. The highest BCUT2D eigenvalue weighted by atomic mass is 32.1. The first-order valence-corrected chi connectivity index (χ1v) is 8.08. The summed E-state index contributed by atoms with van der Waals surface area (Å²) in [4.78, 5) is 4.78. The number of ether oxygens (including phenoxy) is 1. The Bertz CT molecular complexity index is 586. The first-order valence-electron chi connectivity index (χ1n) is 7.20. The lowest BCUT2D eigenvalue weighted by atomic mass is 9.93. The maximum Gasteiger partial charge on any atom is 0.119 e. The Labute approximate surface area is 131 Å². The first-order chi connectivity index (χ1) is 9.94. The fraction of sp³-hybridized carbons (Fsp3) is 0.471. The molecule has 0 amide bonds. The number of thiazole rings is 1. The summed E-state index contributed by atoms with van der Waals surface area (Å²) >= 11 is 1.74. The van der Waals surface area contributed by atoms with Crippen LogP contribution in [0.2, 0.25) is 0 Å². The van der Waals surface area contributed by atoms with E-state index in [1.165, 1.54) is 16.3 Å². The highest BCUT2D eigenvalue weighted by molar-refractivity contribution is 7.09.